The van der Waals surface area contributed by atoms with E-state index in [1.54, 1.807) is 6.07 Å². The van der Waals surface area contributed by atoms with Crippen LogP contribution in [0, 0.1) is 0 Å². The molecule has 0 bridgehead atoms. The third-order valence-corrected chi connectivity index (χ3v) is 3.26. The fourth-order valence-corrected chi connectivity index (χ4v) is 2.41. The molecule has 0 radical (unpaired) electrons. The average molecular weight is 232 g/mol. The molecule has 1 aliphatic carbocycles. The van der Waals surface area contributed by atoms with Crippen molar-refractivity contribution < 1.29 is 9.90 Å². The van der Waals surface area contributed by atoms with Gasteiger partial charge in [0.2, 0.25) is 0 Å². The maximum atomic E-state index is 11.2. The Kier molecular flexibility index (Phi) is 2.28. The standard InChI is InChI=1S/C11H12N4O2/c16-10(17)9-5-8(7-3-1-2-4-7)14-11-12-6-13-15(9)11/h5-7H,1-4H2,(H,16,17). The lowest BCUT2D eigenvalue weighted by atomic mass is 10.0. The van der Waals surface area contributed by atoms with Crippen LogP contribution in [0.25, 0.3) is 5.78 Å². The number of nitrogens with zero attached hydrogens (tertiary/aromatic N) is 4. The first-order chi connectivity index (χ1) is 8.25. The van der Waals surface area contributed by atoms with Crippen LogP contribution in [-0.2, 0) is 0 Å². The van der Waals surface area contributed by atoms with Crippen LogP contribution < -0.4 is 0 Å². The van der Waals surface area contributed by atoms with E-state index >= 15 is 0 Å². The number of rotatable bonds is 2. The Morgan fingerprint density at radius 3 is 2.88 bits per heavy atom. The lowest BCUT2D eigenvalue weighted by Gasteiger charge is -2.09. The summed E-state index contributed by atoms with van der Waals surface area (Å²) in [6, 6.07) is 1.62. The Labute approximate surface area is 97.3 Å². The molecule has 6 nitrogen and oxygen atoms in total. The molecule has 1 saturated carbocycles. The molecule has 0 aliphatic heterocycles. The number of carbonyl (C=O) groups is 1. The van der Waals surface area contributed by atoms with Gasteiger partial charge < -0.3 is 5.11 Å². The Balaban J connectivity index is 2.16. The molecule has 2 aromatic heterocycles. The van der Waals surface area contributed by atoms with E-state index in [2.05, 4.69) is 15.1 Å². The minimum absolute atomic E-state index is 0.134. The van der Waals surface area contributed by atoms with E-state index in [1.807, 2.05) is 0 Å². The molecule has 0 spiro atoms. The number of carboxylic acids is 1. The maximum absolute atomic E-state index is 11.2. The number of hydrogen-bond acceptors (Lipinski definition) is 4. The first kappa shape index (κ1) is 10.2. The van der Waals surface area contributed by atoms with Crippen LogP contribution in [0.2, 0.25) is 0 Å². The van der Waals surface area contributed by atoms with Gasteiger partial charge in [-0.3, -0.25) is 0 Å². The Bertz CT molecular complexity index is 572. The number of aromatic carboxylic acids is 1. The van der Waals surface area contributed by atoms with Crippen molar-refractivity contribution >= 4 is 11.7 Å². The average Bonchev–Trinajstić information content (AvgIpc) is 2.98. The second-order valence-corrected chi connectivity index (χ2v) is 4.32. The molecule has 0 atom stereocenters. The molecule has 88 valence electrons. The molecular weight excluding hydrogens is 220 g/mol. The van der Waals surface area contributed by atoms with Crippen LogP contribution in [0.1, 0.15) is 47.8 Å². The molecule has 0 unspecified atom stereocenters. The Hall–Kier alpha value is -1.98. The minimum Gasteiger partial charge on any atom is -0.477 e. The van der Waals surface area contributed by atoms with E-state index in [1.165, 1.54) is 23.7 Å². The van der Waals surface area contributed by atoms with Crippen molar-refractivity contribution in [2.45, 2.75) is 31.6 Å². The smallest absolute Gasteiger partial charge is 0.354 e. The fourth-order valence-electron chi connectivity index (χ4n) is 2.41. The zero-order chi connectivity index (χ0) is 11.8. The van der Waals surface area contributed by atoms with Gasteiger partial charge in [0.25, 0.3) is 5.78 Å². The lowest BCUT2D eigenvalue weighted by molar-refractivity contribution is 0.0687. The molecule has 3 rings (SSSR count). The molecule has 1 aliphatic rings. The summed E-state index contributed by atoms with van der Waals surface area (Å²) < 4.78 is 1.26. The fraction of sp³-hybridized carbons (Fsp3) is 0.455. The first-order valence-electron chi connectivity index (χ1n) is 5.69. The highest BCUT2D eigenvalue weighted by molar-refractivity contribution is 5.86. The van der Waals surface area contributed by atoms with Crippen LogP contribution >= 0.6 is 0 Å². The largest absolute Gasteiger partial charge is 0.477 e. The van der Waals surface area contributed by atoms with Crippen molar-refractivity contribution in [1.82, 2.24) is 19.6 Å². The van der Waals surface area contributed by atoms with Gasteiger partial charge >= 0.3 is 5.97 Å². The Morgan fingerprint density at radius 1 is 1.41 bits per heavy atom. The predicted octanol–water partition coefficient (Wildman–Crippen LogP) is 1.48. The van der Waals surface area contributed by atoms with Gasteiger partial charge in [-0.15, -0.1) is 0 Å². The van der Waals surface area contributed by atoms with Crippen molar-refractivity contribution in [3.05, 3.63) is 23.8 Å². The molecule has 2 heterocycles. The molecule has 17 heavy (non-hydrogen) atoms. The van der Waals surface area contributed by atoms with Crippen LogP contribution in [0.3, 0.4) is 0 Å². The van der Waals surface area contributed by atoms with Crippen molar-refractivity contribution in [3.8, 4) is 0 Å². The van der Waals surface area contributed by atoms with Crippen molar-refractivity contribution in [2.75, 3.05) is 0 Å². The predicted molar refractivity (Wildman–Crippen MR) is 59.0 cm³/mol. The topological polar surface area (TPSA) is 80.4 Å². The van der Waals surface area contributed by atoms with E-state index in [0.29, 0.717) is 11.7 Å². The summed E-state index contributed by atoms with van der Waals surface area (Å²) in [7, 11) is 0. The van der Waals surface area contributed by atoms with E-state index in [-0.39, 0.29) is 5.69 Å². The summed E-state index contributed by atoms with van der Waals surface area (Å²) >= 11 is 0. The van der Waals surface area contributed by atoms with Gasteiger partial charge in [0, 0.05) is 11.6 Å². The summed E-state index contributed by atoms with van der Waals surface area (Å²) in [5.74, 6) is -0.260. The zero-order valence-electron chi connectivity index (χ0n) is 9.20. The summed E-state index contributed by atoms with van der Waals surface area (Å²) in [5.41, 5.74) is 0.967. The lowest BCUT2D eigenvalue weighted by Crippen LogP contribution is -2.10. The number of fused-ring (bicyclic) bond motifs is 1. The third kappa shape index (κ3) is 1.65. The van der Waals surface area contributed by atoms with Gasteiger partial charge in [-0.25, -0.2) is 9.78 Å². The SMILES string of the molecule is O=C(O)c1cc(C2CCCC2)nc2ncnn12. The van der Waals surface area contributed by atoms with Gasteiger partial charge in [0.15, 0.2) is 5.69 Å². The summed E-state index contributed by atoms with van der Waals surface area (Å²) in [4.78, 5) is 19.5. The second kappa shape index (κ2) is 3.80. The monoisotopic (exact) mass is 232 g/mol. The number of carboxylic acid groups (broad SMARTS) is 1. The maximum Gasteiger partial charge on any atom is 0.354 e. The zero-order valence-corrected chi connectivity index (χ0v) is 9.20. The van der Waals surface area contributed by atoms with E-state index in [9.17, 15) is 4.79 Å². The molecule has 0 amide bonds. The molecule has 1 fully saturated rings. The number of hydrogen-bond donors (Lipinski definition) is 1. The third-order valence-electron chi connectivity index (χ3n) is 3.26. The van der Waals surface area contributed by atoms with E-state index in [0.717, 1.165) is 18.5 Å². The highest BCUT2D eigenvalue weighted by Gasteiger charge is 2.22. The molecule has 0 aromatic carbocycles. The minimum atomic E-state index is -0.998. The molecule has 1 N–H and O–H groups in total. The molecule has 6 heteroatoms. The summed E-state index contributed by atoms with van der Waals surface area (Å²) in [6.07, 6.45) is 5.86. The van der Waals surface area contributed by atoms with Gasteiger partial charge in [0.1, 0.15) is 6.33 Å². The van der Waals surface area contributed by atoms with Crippen LogP contribution in [0.15, 0.2) is 12.4 Å². The highest BCUT2D eigenvalue weighted by atomic mass is 16.4. The Morgan fingerprint density at radius 2 is 2.18 bits per heavy atom. The van der Waals surface area contributed by atoms with Crippen molar-refractivity contribution in [2.24, 2.45) is 0 Å². The van der Waals surface area contributed by atoms with Gasteiger partial charge in [-0.05, 0) is 18.9 Å². The summed E-state index contributed by atoms with van der Waals surface area (Å²) in [5, 5.41) is 13.0. The quantitative estimate of drug-likeness (QED) is 0.848. The molecule has 2 aromatic rings. The van der Waals surface area contributed by atoms with Crippen LogP contribution in [-0.4, -0.2) is 30.7 Å². The summed E-state index contributed by atoms with van der Waals surface area (Å²) in [6.45, 7) is 0. The highest BCUT2D eigenvalue weighted by Crippen LogP contribution is 2.33. The van der Waals surface area contributed by atoms with Crippen molar-refractivity contribution in [3.63, 3.8) is 0 Å². The van der Waals surface area contributed by atoms with Gasteiger partial charge in [-0.2, -0.15) is 14.6 Å². The van der Waals surface area contributed by atoms with E-state index in [4.69, 9.17) is 5.11 Å². The van der Waals surface area contributed by atoms with Crippen LogP contribution in [0.5, 0.6) is 0 Å². The van der Waals surface area contributed by atoms with Gasteiger partial charge in [-0.1, -0.05) is 12.8 Å². The second-order valence-electron chi connectivity index (χ2n) is 4.32. The molecule has 0 saturated heterocycles. The van der Waals surface area contributed by atoms with E-state index < -0.39 is 5.97 Å². The first-order valence-corrected chi connectivity index (χ1v) is 5.69. The van der Waals surface area contributed by atoms with Gasteiger partial charge in [0.05, 0.1) is 0 Å². The normalized spacial score (nSPS) is 16.7. The number of aromatic nitrogens is 4. The molecular formula is C11H12N4O2. The van der Waals surface area contributed by atoms with Crippen LogP contribution in [0.4, 0.5) is 0 Å². The van der Waals surface area contributed by atoms with Crippen molar-refractivity contribution in [1.29, 1.82) is 0 Å².